The number of aromatic nitrogens is 2. The Morgan fingerprint density at radius 2 is 2.11 bits per heavy atom. The summed E-state index contributed by atoms with van der Waals surface area (Å²) in [6.07, 6.45) is 2.10. The molecule has 0 aliphatic carbocycles. The predicted molar refractivity (Wildman–Crippen MR) is 98.6 cm³/mol. The maximum Gasteiger partial charge on any atom is 0.322 e. The van der Waals surface area contributed by atoms with Crippen molar-refractivity contribution >= 4 is 11.7 Å². The maximum absolute atomic E-state index is 14.2. The normalized spacial score (nSPS) is 16.0. The van der Waals surface area contributed by atoms with Gasteiger partial charge < -0.3 is 14.7 Å². The van der Waals surface area contributed by atoms with Crippen LogP contribution < -0.4 is 5.32 Å². The summed E-state index contributed by atoms with van der Waals surface area (Å²) in [5.41, 5.74) is 2.86. The fourth-order valence-corrected chi connectivity index (χ4v) is 3.36. The van der Waals surface area contributed by atoms with Crippen molar-refractivity contribution in [2.75, 3.05) is 5.32 Å². The van der Waals surface area contributed by atoms with Crippen LogP contribution in [0.2, 0.25) is 0 Å². The summed E-state index contributed by atoms with van der Waals surface area (Å²) in [5, 5.41) is 6.89. The Labute approximate surface area is 160 Å². The molecule has 6 nitrogen and oxygen atoms in total. The summed E-state index contributed by atoms with van der Waals surface area (Å²) in [6, 6.07) is 6.36. The number of aryl methyl sites for hydroxylation is 1. The lowest BCUT2D eigenvalue weighted by molar-refractivity contribution is 0.182. The molecule has 3 aromatic rings. The summed E-state index contributed by atoms with van der Waals surface area (Å²) >= 11 is 0. The Balaban J connectivity index is 1.62. The molecule has 144 valence electrons. The lowest BCUT2D eigenvalue weighted by Gasteiger charge is -2.32. The van der Waals surface area contributed by atoms with Gasteiger partial charge in [-0.15, -0.1) is 0 Å². The summed E-state index contributed by atoms with van der Waals surface area (Å²) in [4.78, 5) is 18.5. The van der Waals surface area contributed by atoms with Gasteiger partial charge in [0.25, 0.3) is 0 Å². The highest BCUT2D eigenvalue weighted by molar-refractivity contribution is 5.89. The zero-order valence-corrected chi connectivity index (χ0v) is 15.4. The molecule has 2 aromatic heterocycles. The molecule has 1 unspecified atom stereocenters. The summed E-state index contributed by atoms with van der Waals surface area (Å²) in [6.45, 7) is 3.96. The molecule has 0 saturated carbocycles. The molecule has 0 saturated heterocycles. The van der Waals surface area contributed by atoms with Crippen molar-refractivity contribution in [3.05, 3.63) is 65.1 Å². The Bertz CT molecular complexity index is 1050. The highest BCUT2D eigenvalue weighted by Gasteiger charge is 2.32. The summed E-state index contributed by atoms with van der Waals surface area (Å²) in [5.74, 6) is -1.19. The van der Waals surface area contributed by atoms with Gasteiger partial charge in [0.05, 0.1) is 17.8 Å². The molecule has 3 heterocycles. The van der Waals surface area contributed by atoms with E-state index in [0.29, 0.717) is 23.4 Å². The molecule has 8 heteroatoms. The first-order valence-corrected chi connectivity index (χ1v) is 8.85. The largest absolute Gasteiger partial charge is 0.356 e. The minimum atomic E-state index is -0.735. The second-order valence-electron chi connectivity index (χ2n) is 6.86. The Morgan fingerprint density at radius 3 is 2.86 bits per heavy atom. The van der Waals surface area contributed by atoms with Crippen molar-refractivity contribution in [3.63, 3.8) is 0 Å². The van der Waals surface area contributed by atoms with Crippen molar-refractivity contribution in [1.29, 1.82) is 0 Å². The molecular formula is C20H18F2N4O2. The van der Waals surface area contributed by atoms with Gasteiger partial charge in [-0.05, 0) is 38.1 Å². The van der Waals surface area contributed by atoms with Crippen molar-refractivity contribution < 1.29 is 18.1 Å². The molecule has 0 radical (unpaired) electrons. The van der Waals surface area contributed by atoms with Crippen LogP contribution >= 0.6 is 0 Å². The molecule has 0 fully saturated rings. The van der Waals surface area contributed by atoms with Crippen molar-refractivity contribution in [1.82, 2.24) is 15.0 Å². The first-order valence-electron chi connectivity index (χ1n) is 8.85. The number of hydrogen-bond acceptors (Lipinski definition) is 4. The molecule has 1 N–H and O–H groups in total. The van der Waals surface area contributed by atoms with Crippen LogP contribution in [0.25, 0.3) is 11.3 Å². The molecule has 28 heavy (non-hydrogen) atoms. The smallest absolute Gasteiger partial charge is 0.322 e. The molecular weight excluding hydrogens is 366 g/mol. The number of hydrogen-bond donors (Lipinski definition) is 1. The summed E-state index contributed by atoms with van der Waals surface area (Å²) in [7, 11) is 0. The number of carbonyl (C=O) groups is 1. The molecule has 0 spiro atoms. The highest BCUT2D eigenvalue weighted by atomic mass is 19.1. The van der Waals surface area contributed by atoms with Gasteiger partial charge >= 0.3 is 6.03 Å². The van der Waals surface area contributed by atoms with Gasteiger partial charge in [-0.1, -0.05) is 5.16 Å². The van der Waals surface area contributed by atoms with Crippen LogP contribution in [0.1, 0.15) is 23.9 Å². The van der Waals surface area contributed by atoms with Crippen LogP contribution in [-0.2, 0) is 13.0 Å². The van der Waals surface area contributed by atoms with E-state index in [1.807, 2.05) is 13.8 Å². The number of halogens is 2. The van der Waals surface area contributed by atoms with Gasteiger partial charge in [0, 0.05) is 41.7 Å². The zero-order valence-electron chi connectivity index (χ0n) is 15.4. The van der Waals surface area contributed by atoms with E-state index in [1.54, 1.807) is 23.2 Å². The van der Waals surface area contributed by atoms with Gasteiger partial charge in [-0.25, -0.2) is 13.6 Å². The number of pyridine rings is 1. The number of fused-ring (bicyclic) bond motifs is 1. The monoisotopic (exact) mass is 384 g/mol. The van der Waals surface area contributed by atoms with Crippen LogP contribution in [0, 0.1) is 18.6 Å². The van der Waals surface area contributed by atoms with E-state index in [1.165, 1.54) is 6.07 Å². The molecule has 1 aliphatic heterocycles. The molecule has 0 bridgehead atoms. The Hall–Kier alpha value is -3.29. The van der Waals surface area contributed by atoms with Crippen LogP contribution in [-0.4, -0.2) is 27.1 Å². The third kappa shape index (κ3) is 3.33. The first-order chi connectivity index (χ1) is 13.4. The number of amides is 2. The molecule has 2 amide bonds. The van der Waals surface area contributed by atoms with E-state index < -0.39 is 11.6 Å². The van der Waals surface area contributed by atoms with E-state index in [-0.39, 0.29) is 29.9 Å². The van der Waals surface area contributed by atoms with E-state index in [9.17, 15) is 13.6 Å². The van der Waals surface area contributed by atoms with E-state index in [4.69, 9.17) is 4.52 Å². The van der Waals surface area contributed by atoms with Gasteiger partial charge in [0.15, 0.2) is 5.76 Å². The minimum absolute atomic E-state index is 0.119. The lowest BCUT2D eigenvalue weighted by Crippen LogP contribution is -2.44. The topological polar surface area (TPSA) is 71.3 Å². The Kier molecular flexibility index (Phi) is 4.54. The van der Waals surface area contributed by atoms with Gasteiger partial charge in [-0.2, -0.15) is 0 Å². The van der Waals surface area contributed by atoms with Crippen LogP contribution in [0.3, 0.4) is 0 Å². The van der Waals surface area contributed by atoms with E-state index in [0.717, 1.165) is 17.8 Å². The molecule has 1 aromatic carbocycles. The molecule has 4 rings (SSSR count). The SMILES string of the molecule is Cc1cc(NC(=O)N2Cc3c(noc3-c3ccc(F)cc3F)CC2C)ccn1. The van der Waals surface area contributed by atoms with Crippen LogP contribution in [0.4, 0.5) is 19.3 Å². The number of nitrogens with one attached hydrogen (secondary N) is 1. The lowest BCUT2D eigenvalue weighted by atomic mass is 9.97. The number of nitrogens with zero attached hydrogens (tertiary/aromatic N) is 3. The fraction of sp³-hybridized carbons (Fsp3) is 0.250. The molecule has 1 aliphatic rings. The van der Waals surface area contributed by atoms with Crippen molar-refractivity contribution in [2.24, 2.45) is 0 Å². The third-order valence-electron chi connectivity index (χ3n) is 4.80. The van der Waals surface area contributed by atoms with Gasteiger partial charge in [0.1, 0.15) is 11.6 Å². The first kappa shape index (κ1) is 18.1. The highest BCUT2D eigenvalue weighted by Crippen LogP contribution is 2.34. The third-order valence-corrected chi connectivity index (χ3v) is 4.80. The van der Waals surface area contributed by atoms with Gasteiger partial charge in [-0.3, -0.25) is 4.98 Å². The van der Waals surface area contributed by atoms with E-state index in [2.05, 4.69) is 15.5 Å². The predicted octanol–water partition coefficient (Wildman–Crippen LogP) is 4.30. The van der Waals surface area contributed by atoms with Crippen molar-refractivity contribution in [3.8, 4) is 11.3 Å². The number of urea groups is 1. The molecule has 1 atom stereocenters. The average molecular weight is 384 g/mol. The van der Waals surface area contributed by atoms with E-state index >= 15 is 0 Å². The standard InChI is InChI=1S/C20H18F2N4O2/c1-11-7-14(5-6-23-11)24-20(27)26-10-16-18(8-12(26)2)25-28-19(16)15-4-3-13(21)9-17(15)22/h3-7,9,12H,8,10H2,1-2H3,(H,23,24,27). The quantitative estimate of drug-likeness (QED) is 0.715. The number of rotatable bonds is 2. The second-order valence-corrected chi connectivity index (χ2v) is 6.86. The van der Waals surface area contributed by atoms with Crippen LogP contribution in [0.15, 0.2) is 41.1 Å². The minimum Gasteiger partial charge on any atom is -0.356 e. The average Bonchev–Trinajstić information content (AvgIpc) is 3.03. The zero-order chi connectivity index (χ0) is 19.8. The number of carbonyl (C=O) groups excluding carboxylic acids is 1. The van der Waals surface area contributed by atoms with Crippen molar-refractivity contribution in [2.45, 2.75) is 32.9 Å². The van der Waals surface area contributed by atoms with Gasteiger partial charge in [0.2, 0.25) is 0 Å². The maximum atomic E-state index is 14.2. The number of benzene rings is 1. The Morgan fingerprint density at radius 1 is 1.29 bits per heavy atom. The summed E-state index contributed by atoms with van der Waals surface area (Å²) < 4.78 is 32.8. The second kappa shape index (κ2) is 7.03. The fourth-order valence-electron chi connectivity index (χ4n) is 3.36. The van der Waals surface area contributed by atoms with Crippen LogP contribution in [0.5, 0.6) is 0 Å². The number of anilines is 1.